The first-order valence-corrected chi connectivity index (χ1v) is 6.56. The lowest BCUT2D eigenvalue weighted by Crippen LogP contribution is -2.37. The van der Waals surface area contributed by atoms with Crippen molar-refractivity contribution >= 4 is 23.4 Å². The number of nitrogens with zero attached hydrogens (tertiary/aromatic N) is 3. The van der Waals surface area contributed by atoms with Gasteiger partial charge in [-0.25, -0.2) is 14.6 Å². The van der Waals surface area contributed by atoms with E-state index in [-0.39, 0.29) is 17.1 Å². The second kappa shape index (κ2) is 6.37. The molecule has 1 unspecified atom stereocenters. The number of ether oxygens (including phenoxy) is 2. The molecule has 1 atom stereocenters. The Bertz CT molecular complexity index is 618. The fraction of sp³-hybridized carbons (Fsp3) is 0.462. The summed E-state index contributed by atoms with van der Waals surface area (Å²) in [5.74, 6) is -1.13. The molecule has 9 heteroatoms. The number of anilines is 1. The number of hydrogen-bond acceptors (Lipinski definition) is 8. The summed E-state index contributed by atoms with van der Waals surface area (Å²) in [4.78, 5) is 39.4. The average Bonchev–Trinajstić information content (AvgIpc) is 3.02. The average molecular weight is 309 g/mol. The third-order valence-corrected chi connectivity index (χ3v) is 3.46. The molecule has 1 aromatic rings. The maximum atomic E-state index is 11.8. The van der Waals surface area contributed by atoms with Gasteiger partial charge in [-0.15, -0.1) is 0 Å². The number of aromatic nitrogens is 1. The molecule has 9 nitrogen and oxygen atoms in total. The molecule has 0 saturated carbocycles. The molecular weight excluding hydrogens is 294 g/mol. The van der Waals surface area contributed by atoms with Crippen molar-refractivity contribution in [3.8, 4) is 0 Å². The van der Waals surface area contributed by atoms with Crippen LogP contribution in [-0.2, 0) is 14.3 Å². The van der Waals surface area contributed by atoms with Crippen LogP contribution in [0.5, 0.6) is 0 Å². The van der Waals surface area contributed by atoms with E-state index in [0.29, 0.717) is 19.4 Å². The van der Waals surface area contributed by atoms with E-state index in [9.17, 15) is 19.7 Å². The van der Waals surface area contributed by atoms with Gasteiger partial charge < -0.3 is 14.4 Å². The van der Waals surface area contributed by atoms with Gasteiger partial charge in [0.2, 0.25) is 5.82 Å². The number of hydrogen-bond donors (Lipinski definition) is 0. The van der Waals surface area contributed by atoms with Crippen LogP contribution < -0.4 is 4.90 Å². The normalized spacial score (nSPS) is 17.2. The fourth-order valence-electron chi connectivity index (χ4n) is 2.43. The van der Waals surface area contributed by atoms with Crippen LogP contribution in [0.1, 0.15) is 23.2 Å². The Morgan fingerprint density at radius 3 is 2.73 bits per heavy atom. The summed E-state index contributed by atoms with van der Waals surface area (Å²) in [7, 11) is 2.44. The van der Waals surface area contributed by atoms with Gasteiger partial charge in [-0.3, -0.25) is 10.1 Å². The minimum absolute atomic E-state index is 0.0215. The summed E-state index contributed by atoms with van der Waals surface area (Å²) in [6.07, 6.45) is 2.42. The summed E-state index contributed by atoms with van der Waals surface area (Å²) in [5, 5.41) is 11.3. The standard InChI is InChI=1S/C13H15N3O6/c1-21-12(17)8-6-10(16(19)20)11(14-7-8)15-5-3-4-9(15)13(18)22-2/h6-7,9H,3-5H2,1-2H3. The van der Waals surface area contributed by atoms with E-state index in [1.54, 1.807) is 0 Å². The van der Waals surface area contributed by atoms with Crippen molar-refractivity contribution in [3.05, 3.63) is 27.9 Å². The minimum Gasteiger partial charge on any atom is -0.467 e. The van der Waals surface area contributed by atoms with Crippen molar-refractivity contribution in [2.75, 3.05) is 25.7 Å². The number of esters is 2. The Labute approximate surface area is 126 Å². The van der Waals surface area contributed by atoms with Crippen LogP contribution in [-0.4, -0.2) is 48.7 Å². The fourth-order valence-corrected chi connectivity index (χ4v) is 2.43. The van der Waals surface area contributed by atoms with Crippen molar-refractivity contribution in [2.24, 2.45) is 0 Å². The first kappa shape index (κ1) is 15.7. The van der Waals surface area contributed by atoms with E-state index in [1.165, 1.54) is 25.3 Å². The van der Waals surface area contributed by atoms with Gasteiger partial charge in [-0.2, -0.15) is 0 Å². The number of methoxy groups -OCH3 is 2. The molecular formula is C13H15N3O6. The van der Waals surface area contributed by atoms with Crippen LogP contribution in [0.2, 0.25) is 0 Å². The van der Waals surface area contributed by atoms with E-state index in [2.05, 4.69) is 9.72 Å². The monoisotopic (exact) mass is 309 g/mol. The first-order chi connectivity index (χ1) is 10.5. The van der Waals surface area contributed by atoms with Crippen LogP contribution >= 0.6 is 0 Å². The highest BCUT2D eigenvalue weighted by Crippen LogP contribution is 2.32. The number of carbonyl (C=O) groups excluding carboxylic acids is 2. The van der Waals surface area contributed by atoms with Crippen molar-refractivity contribution in [1.29, 1.82) is 0 Å². The highest BCUT2D eigenvalue weighted by atomic mass is 16.6. The Morgan fingerprint density at radius 2 is 2.14 bits per heavy atom. The van der Waals surface area contributed by atoms with Gasteiger partial charge in [0.1, 0.15) is 6.04 Å². The molecule has 118 valence electrons. The summed E-state index contributed by atoms with van der Waals surface area (Å²) >= 11 is 0. The Hall–Kier alpha value is -2.71. The van der Waals surface area contributed by atoms with Crippen LogP contribution in [0, 0.1) is 10.1 Å². The minimum atomic E-state index is -0.715. The van der Waals surface area contributed by atoms with E-state index < -0.39 is 22.9 Å². The molecule has 0 bridgehead atoms. The smallest absolute Gasteiger partial charge is 0.339 e. The lowest BCUT2D eigenvalue weighted by Gasteiger charge is -2.23. The van der Waals surface area contributed by atoms with Crippen molar-refractivity contribution in [1.82, 2.24) is 4.98 Å². The van der Waals surface area contributed by atoms with Gasteiger partial charge in [-0.05, 0) is 12.8 Å². The number of nitro groups is 1. The first-order valence-electron chi connectivity index (χ1n) is 6.56. The zero-order valence-corrected chi connectivity index (χ0v) is 12.1. The molecule has 22 heavy (non-hydrogen) atoms. The topological polar surface area (TPSA) is 112 Å². The van der Waals surface area contributed by atoms with Gasteiger partial charge in [0, 0.05) is 18.8 Å². The van der Waals surface area contributed by atoms with Crippen LogP contribution in [0.4, 0.5) is 11.5 Å². The lowest BCUT2D eigenvalue weighted by molar-refractivity contribution is -0.384. The van der Waals surface area contributed by atoms with Crippen LogP contribution in [0.3, 0.4) is 0 Å². The predicted octanol–water partition coefficient (Wildman–Crippen LogP) is 0.918. The Balaban J connectivity index is 2.44. The Morgan fingerprint density at radius 1 is 1.41 bits per heavy atom. The summed E-state index contributed by atoms with van der Waals surface area (Å²) < 4.78 is 9.24. The summed E-state index contributed by atoms with van der Waals surface area (Å²) in [6.45, 7) is 0.450. The second-order valence-electron chi connectivity index (χ2n) is 4.69. The van der Waals surface area contributed by atoms with E-state index >= 15 is 0 Å². The molecule has 0 radical (unpaired) electrons. The molecule has 0 N–H and O–H groups in total. The van der Waals surface area contributed by atoms with Crippen molar-refractivity contribution in [2.45, 2.75) is 18.9 Å². The summed E-state index contributed by atoms with van der Waals surface area (Å²) in [5.41, 5.74) is -0.370. The molecule has 1 aromatic heterocycles. The largest absolute Gasteiger partial charge is 0.467 e. The van der Waals surface area contributed by atoms with Crippen molar-refractivity contribution in [3.63, 3.8) is 0 Å². The van der Waals surface area contributed by atoms with Gasteiger partial charge in [0.25, 0.3) is 0 Å². The Kier molecular flexibility index (Phi) is 4.54. The quantitative estimate of drug-likeness (QED) is 0.458. The molecule has 1 aliphatic rings. The van der Waals surface area contributed by atoms with E-state index in [1.807, 2.05) is 0 Å². The summed E-state index contributed by atoms with van der Waals surface area (Å²) in [6, 6.07) is 0.487. The molecule has 1 fully saturated rings. The predicted molar refractivity (Wildman–Crippen MR) is 74.6 cm³/mol. The lowest BCUT2D eigenvalue weighted by atomic mass is 10.2. The molecule has 2 heterocycles. The third kappa shape index (κ3) is 2.83. The SMILES string of the molecule is COC(=O)c1cnc(N2CCCC2C(=O)OC)c([N+](=O)[O-])c1. The highest BCUT2D eigenvalue weighted by molar-refractivity contribution is 5.91. The number of rotatable bonds is 4. The highest BCUT2D eigenvalue weighted by Gasteiger charge is 2.36. The molecule has 0 aliphatic carbocycles. The number of carbonyl (C=O) groups is 2. The third-order valence-electron chi connectivity index (χ3n) is 3.46. The maximum absolute atomic E-state index is 11.8. The van der Waals surface area contributed by atoms with Gasteiger partial charge in [0.15, 0.2) is 0 Å². The van der Waals surface area contributed by atoms with E-state index in [4.69, 9.17) is 4.74 Å². The zero-order chi connectivity index (χ0) is 16.3. The van der Waals surface area contributed by atoms with Crippen LogP contribution in [0.25, 0.3) is 0 Å². The van der Waals surface area contributed by atoms with Gasteiger partial charge >= 0.3 is 17.6 Å². The molecule has 1 saturated heterocycles. The van der Waals surface area contributed by atoms with Gasteiger partial charge in [0.05, 0.1) is 24.7 Å². The molecule has 0 aromatic carbocycles. The molecule has 1 aliphatic heterocycles. The zero-order valence-electron chi connectivity index (χ0n) is 12.1. The van der Waals surface area contributed by atoms with Crippen LogP contribution in [0.15, 0.2) is 12.3 Å². The second-order valence-corrected chi connectivity index (χ2v) is 4.69. The van der Waals surface area contributed by atoms with E-state index in [0.717, 1.165) is 6.07 Å². The maximum Gasteiger partial charge on any atom is 0.339 e. The number of pyridine rings is 1. The molecule has 0 amide bonds. The molecule has 0 spiro atoms. The van der Waals surface area contributed by atoms with Gasteiger partial charge in [-0.1, -0.05) is 0 Å². The van der Waals surface area contributed by atoms with Crippen molar-refractivity contribution < 1.29 is 24.0 Å². The molecule has 2 rings (SSSR count).